The fourth-order valence-corrected chi connectivity index (χ4v) is 4.05. The minimum atomic E-state index is -3.41. The summed E-state index contributed by atoms with van der Waals surface area (Å²) in [7, 11) is -1.81. The van der Waals surface area contributed by atoms with E-state index in [-0.39, 0.29) is 5.75 Å². The zero-order valence-corrected chi connectivity index (χ0v) is 15.8. The Balaban J connectivity index is 1.83. The van der Waals surface area contributed by atoms with Crippen LogP contribution in [-0.4, -0.2) is 37.8 Å². The predicted octanol–water partition coefficient (Wildman–Crippen LogP) is 3.35. The highest BCUT2D eigenvalue weighted by molar-refractivity contribution is 7.92. The number of aryl methyl sites for hydroxylation is 1. The Morgan fingerprint density at radius 2 is 1.72 bits per heavy atom. The molecule has 0 saturated carbocycles. The molecule has 0 aliphatic rings. The molecule has 0 bridgehead atoms. The van der Waals surface area contributed by atoms with Crippen LogP contribution in [-0.2, 0) is 27.6 Å². The van der Waals surface area contributed by atoms with E-state index in [1.807, 2.05) is 36.4 Å². The number of benzene rings is 2. The molecule has 0 radical (unpaired) electrons. The van der Waals surface area contributed by atoms with E-state index < -0.39 is 21.5 Å². The lowest BCUT2D eigenvalue weighted by Gasteiger charge is -2.17. The third-order valence-electron chi connectivity index (χ3n) is 3.84. The molecule has 2 rings (SSSR count). The van der Waals surface area contributed by atoms with Crippen LogP contribution >= 0.6 is 11.6 Å². The van der Waals surface area contributed by atoms with Crippen LogP contribution in [0.3, 0.4) is 0 Å². The zero-order valence-electron chi connectivity index (χ0n) is 14.2. The van der Waals surface area contributed by atoms with E-state index in [1.165, 1.54) is 4.90 Å². The first-order chi connectivity index (χ1) is 11.9. The van der Waals surface area contributed by atoms with E-state index in [0.717, 1.165) is 11.1 Å². The second-order valence-corrected chi connectivity index (χ2v) is 8.68. The van der Waals surface area contributed by atoms with Crippen LogP contribution in [0.2, 0.25) is 5.02 Å². The van der Waals surface area contributed by atoms with Crippen LogP contribution in [0.15, 0.2) is 54.6 Å². The number of sulfone groups is 1. The van der Waals surface area contributed by atoms with Gasteiger partial charge in [-0.25, -0.2) is 8.42 Å². The summed E-state index contributed by atoms with van der Waals surface area (Å²) >= 11 is 5.92. The van der Waals surface area contributed by atoms with Crippen molar-refractivity contribution >= 4 is 27.3 Å². The van der Waals surface area contributed by atoms with Gasteiger partial charge in [-0.3, -0.25) is 4.79 Å². The molecule has 6 heteroatoms. The standard InChI is InChI=1S/C19H22ClNO3S/c1-21(14-17-9-5-11-18(20)13-17)19(22)15-25(23,24)12-6-10-16-7-3-2-4-8-16/h2-5,7-9,11,13H,6,10,12,14-15H2,1H3. The molecule has 25 heavy (non-hydrogen) atoms. The molecule has 0 N–H and O–H groups in total. The maximum absolute atomic E-state index is 12.2. The van der Waals surface area contributed by atoms with Crippen LogP contribution in [0.5, 0.6) is 0 Å². The molecular weight excluding hydrogens is 358 g/mol. The summed E-state index contributed by atoms with van der Waals surface area (Å²) in [5.74, 6) is -0.850. The third kappa shape index (κ3) is 6.88. The highest BCUT2D eigenvalue weighted by Gasteiger charge is 2.19. The SMILES string of the molecule is CN(Cc1cccc(Cl)c1)C(=O)CS(=O)(=O)CCCc1ccccc1. The quantitative estimate of drug-likeness (QED) is 0.706. The Morgan fingerprint density at radius 1 is 1.04 bits per heavy atom. The summed E-state index contributed by atoms with van der Waals surface area (Å²) in [6, 6.07) is 16.9. The topological polar surface area (TPSA) is 54.5 Å². The second-order valence-electron chi connectivity index (χ2n) is 6.06. The van der Waals surface area contributed by atoms with E-state index in [2.05, 4.69) is 0 Å². The van der Waals surface area contributed by atoms with Crippen molar-refractivity contribution in [3.8, 4) is 0 Å². The van der Waals surface area contributed by atoms with Gasteiger partial charge in [-0.1, -0.05) is 54.1 Å². The number of hydrogen-bond acceptors (Lipinski definition) is 3. The highest BCUT2D eigenvalue weighted by atomic mass is 35.5. The van der Waals surface area contributed by atoms with Crippen LogP contribution in [0.25, 0.3) is 0 Å². The van der Waals surface area contributed by atoms with Gasteiger partial charge in [-0.15, -0.1) is 0 Å². The zero-order chi connectivity index (χ0) is 18.3. The lowest BCUT2D eigenvalue weighted by molar-refractivity contribution is -0.127. The fourth-order valence-electron chi connectivity index (χ4n) is 2.51. The molecule has 0 aliphatic heterocycles. The Bertz CT molecular complexity index is 806. The normalized spacial score (nSPS) is 11.3. The van der Waals surface area contributed by atoms with Crippen molar-refractivity contribution in [2.45, 2.75) is 19.4 Å². The third-order valence-corrected chi connectivity index (χ3v) is 5.67. The van der Waals surface area contributed by atoms with E-state index in [9.17, 15) is 13.2 Å². The molecule has 0 spiro atoms. The number of carbonyl (C=O) groups excluding carboxylic acids is 1. The lowest BCUT2D eigenvalue weighted by atomic mass is 10.1. The lowest BCUT2D eigenvalue weighted by Crippen LogP contribution is -2.33. The Morgan fingerprint density at radius 3 is 2.40 bits per heavy atom. The van der Waals surface area contributed by atoms with Crippen molar-refractivity contribution in [2.24, 2.45) is 0 Å². The van der Waals surface area contributed by atoms with Gasteiger partial charge in [-0.2, -0.15) is 0 Å². The molecule has 0 saturated heterocycles. The Kier molecular flexibility index (Phi) is 7.02. The van der Waals surface area contributed by atoms with Crippen molar-refractivity contribution in [1.82, 2.24) is 4.90 Å². The van der Waals surface area contributed by atoms with E-state index >= 15 is 0 Å². The van der Waals surface area contributed by atoms with Crippen LogP contribution in [0.1, 0.15) is 17.5 Å². The molecule has 0 unspecified atom stereocenters. The van der Waals surface area contributed by atoms with Gasteiger partial charge < -0.3 is 4.90 Å². The first kappa shape index (κ1) is 19.5. The van der Waals surface area contributed by atoms with E-state index in [1.54, 1.807) is 25.2 Å². The van der Waals surface area contributed by atoms with Gasteiger partial charge in [0.25, 0.3) is 0 Å². The molecule has 2 aromatic rings. The van der Waals surface area contributed by atoms with Crippen molar-refractivity contribution in [1.29, 1.82) is 0 Å². The predicted molar refractivity (Wildman–Crippen MR) is 101 cm³/mol. The van der Waals surface area contributed by atoms with Crippen molar-refractivity contribution in [3.63, 3.8) is 0 Å². The Labute approximate surface area is 154 Å². The number of nitrogens with zero attached hydrogens (tertiary/aromatic N) is 1. The summed E-state index contributed by atoms with van der Waals surface area (Å²) in [4.78, 5) is 13.6. The summed E-state index contributed by atoms with van der Waals surface area (Å²) in [6.07, 6.45) is 1.20. The molecule has 0 fully saturated rings. The monoisotopic (exact) mass is 379 g/mol. The maximum atomic E-state index is 12.2. The Hall–Kier alpha value is -1.85. The summed E-state index contributed by atoms with van der Waals surface area (Å²) in [5.41, 5.74) is 1.96. The van der Waals surface area contributed by atoms with Gasteiger partial charge >= 0.3 is 0 Å². The average molecular weight is 380 g/mol. The van der Waals surface area contributed by atoms with Crippen LogP contribution in [0, 0.1) is 0 Å². The molecule has 1 amide bonds. The van der Waals surface area contributed by atoms with E-state index in [0.29, 0.717) is 24.4 Å². The largest absolute Gasteiger partial charge is 0.341 e. The molecule has 2 aromatic carbocycles. The number of amides is 1. The fraction of sp³-hybridized carbons (Fsp3) is 0.316. The van der Waals surface area contributed by atoms with Crippen LogP contribution < -0.4 is 0 Å². The van der Waals surface area contributed by atoms with Crippen LogP contribution in [0.4, 0.5) is 0 Å². The van der Waals surface area contributed by atoms with Crippen molar-refractivity contribution in [2.75, 3.05) is 18.6 Å². The van der Waals surface area contributed by atoms with Gasteiger partial charge in [0.2, 0.25) is 5.91 Å². The number of halogens is 1. The number of rotatable bonds is 8. The minimum absolute atomic E-state index is 0.0125. The smallest absolute Gasteiger partial charge is 0.237 e. The molecule has 134 valence electrons. The molecular formula is C19H22ClNO3S. The van der Waals surface area contributed by atoms with Gasteiger partial charge in [0, 0.05) is 18.6 Å². The van der Waals surface area contributed by atoms with Gasteiger partial charge in [-0.05, 0) is 36.1 Å². The van der Waals surface area contributed by atoms with Crippen molar-refractivity contribution < 1.29 is 13.2 Å². The first-order valence-electron chi connectivity index (χ1n) is 8.08. The summed E-state index contributed by atoms with van der Waals surface area (Å²) in [5, 5.41) is 0.590. The minimum Gasteiger partial charge on any atom is -0.341 e. The molecule has 0 atom stereocenters. The molecule has 0 aromatic heterocycles. The summed E-state index contributed by atoms with van der Waals surface area (Å²) < 4.78 is 24.3. The molecule has 0 heterocycles. The number of carbonyl (C=O) groups is 1. The van der Waals surface area contributed by atoms with Gasteiger partial charge in [0.05, 0.1) is 5.75 Å². The maximum Gasteiger partial charge on any atom is 0.237 e. The second kappa shape index (κ2) is 9.02. The summed E-state index contributed by atoms with van der Waals surface area (Å²) in [6.45, 7) is 0.332. The number of hydrogen-bond donors (Lipinski definition) is 0. The van der Waals surface area contributed by atoms with Gasteiger partial charge in [0.15, 0.2) is 9.84 Å². The molecule has 4 nitrogen and oxygen atoms in total. The average Bonchev–Trinajstić information content (AvgIpc) is 2.55. The first-order valence-corrected chi connectivity index (χ1v) is 10.3. The van der Waals surface area contributed by atoms with E-state index in [4.69, 9.17) is 11.6 Å². The highest BCUT2D eigenvalue weighted by Crippen LogP contribution is 2.12. The van der Waals surface area contributed by atoms with Crippen molar-refractivity contribution in [3.05, 3.63) is 70.7 Å². The van der Waals surface area contributed by atoms with Gasteiger partial charge in [0.1, 0.15) is 5.75 Å². The molecule has 0 aliphatic carbocycles.